The second-order valence-electron chi connectivity index (χ2n) is 4.56. The molecule has 5 nitrogen and oxygen atoms in total. The molecule has 6 heteroatoms. The summed E-state index contributed by atoms with van der Waals surface area (Å²) in [5, 5.41) is 11.7. The molecule has 0 amide bonds. The van der Waals surface area contributed by atoms with Crippen LogP contribution in [0.25, 0.3) is 0 Å². The largest absolute Gasteiger partial charge is 0.313 e. The maximum atomic E-state index is 12.4. The fourth-order valence-corrected chi connectivity index (χ4v) is 3.23. The highest BCUT2D eigenvalue weighted by Gasteiger charge is 2.21. The second kappa shape index (κ2) is 7.39. The van der Waals surface area contributed by atoms with Crippen molar-refractivity contribution >= 4 is 10.0 Å². The Morgan fingerprint density at radius 1 is 1.45 bits per heavy atom. The van der Waals surface area contributed by atoms with Gasteiger partial charge in [-0.25, -0.2) is 8.42 Å². The first-order valence-electron chi connectivity index (χ1n) is 6.57. The summed E-state index contributed by atoms with van der Waals surface area (Å²) in [6.45, 7) is 2.24. The third kappa shape index (κ3) is 3.79. The van der Waals surface area contributed by atoms with Crippen LogP contribution in [0.4, 0.5) is 0 Å². The van der Waals surface area contributed by atoms with E-state index < -0.39 is 10.0 Å². The molecule has 20 heavy (non-hydrogen) atoms. The van der Waals surface area contributed by atoms with Gasteiger partial charge in [-0.3, -0.25) is 0 Å². The molecule has 110 valence electrons. The lowest BCUT2D eigenvalue weighted by molar-refractivity contribution is 0.476. The fourth-order valence-electron chi connectivity index (χ4n) is 2.01. The topological polar surface area (TPSA) is 73.2 Å². The van der Waals surface area contributed by atoms with Crippen LogP contribution in [0.5, 0.6) is 0 Å². The molecule has 0 bridgehead atoms. The molecule has 1 unspecified atom stereocenters. The van der Waals surface area contributed by atoms with Gasteiger partial charge < -0.3 is 5.32 Å². The average molecular weight is 295 g/mol. The van der Waals surface area contributed by atoms with Gasteiger partial charge in [0.25, 0.3) is 0 Å². The molecule has 1 rings (SSSR count). The van der Waals surface area contributed by atoms with Gasteiger partial charge in [-0.2, -0.15) is 9.57 Å². The van der Waals surface area contributed by atoms with Crippen LogP contribution in [0, 0.1) is 11.3 Å². The smallest absolute Gasteiger partial charge is 0.242 e. The third-order valence-electron chi connectivity index (χ3n) is 3.26. The van der Waals surface area contributed by atoms with E-state index in [0.29, 0.717) is 0 Å². The van der Waals surface area contributed by atoms with Crippen LogP contribution in [0.2, 0.25) is 0 Å². The Balaban J connectivity index is 3.07. The van der Waals surface area contributed by atoms with Crippen LogP contribution in [0.15, 0.2) is 29.2 Å². The molecule has 0 aliphatic carbocycles. The highest BCUT2D eigenvalue weighted by atomic mass is 32.2. The van der Waals surface area contributed by atoms with Crippen LogP contribution in [-0.2, 0) is 10.0 Å². The van der Waals surface area contributed by atoms with Gasteiger partial charge >= 0.3 is 0 Å². The number of nitriles is 1. The predicted molar refractivity (Wildman–Crippen MR) is 78.6 cm³/mol. The molecule has 0 aromatic heterocycles. The van der Waals surface area contributed by atoms with Crippen molar-refractivity contribution < 1.29 is 8.42 Å². The Kier molecular flexibility index (Phi) is 6.14. The standard InChI is InChI=1S/C14H21N3O2S/c1-4-14(16-2)12-7-5-8-13(11-12)20(18,19)17(3)10-6-9-15/h5,7-8,11,14,16H,4,6,10H2,1-3H3. The molecule has 0 saturated carbocycles. The third-order valence-corrected chi connectivity index (χ3v) is 5.12. The number of nitrogens with one attached hydrogen (secondary N) is 1. The molecule has 0 spiro atoms. The van der Waals surface area contributed by atoms with Crippen LogP contribution < -0.4 is 5.32 Å². The minimum absolute atomic E-state index is 0.134. The first kappa shape index (κ1) is 16.6. The maximum Gasteiger partial charge on any atom is 0.242 e. The van der Waals surface area contributed by atoms with Gasteiger partial charge in [0.15, 0.2) is 0 Å². The number of hydrogen-bond acceptors (Lipinski definition) is 4. The zero-order valence-corrected chi connectivity index (χ0v) is 12.9. The zero-order valence-electron chi connectivity index (χ0n) is 12.1. The average Bonchev–Trinajstić information content (AvgIpc) is 2.46. The van der Waals surface area contributed by atoms with E-state index in [4.69, 9.17) is 5.26 Å². The number of rotatable bonds is 7. The molecule has 1 atom stereocenters. The molecular formula is C14H21N3O2S. The van der Waals surface area contributed by atoms with E-state index in [1.165, 1.54) is 11.4 Å². The summed E-state index contributed by atoms with van der Waals surface area (Å²) in [5.74, 6) is 0. The van der Waals surface area contributed by atoms with Gasteiger partial charge in [-0.05, 0) is 31.2 Å². The van der Waals surface area contributed by atoms with Crippen LogP contribution in [0.3, 0.4) is 0 Å². The maximum absolute atomic E-state index is 12.4. The lowest BCUT2D eigenvalue weighted by atomic mass is 10.1. The number of benzene rings is 1. The molecule has 0 heterocycles. The highest BCUT2D eigenvalue weighted by molar-refractivity contribution is 7.89. The lowest BCUT2D eigenvalue weighted by Gasteiger charge is -2.18. The first-order chi connectivity index (χ1) is 9.47. The van der Waals surface area contributed by atoms with Crippen molar-refractivity contribution in [2.75, 3.05) is 20.6 Å². The van der Waals surface area contributed by atoms with E-state index in [1.54, 1.807) is 18.2 Å². The van der Waals surface area contributed by atoms with E-state index in [1.807, 2.05) is 26.1 Å². The van der Waals surface area contributed by atoms with Gasteiger partial charge in [0, 0.05) is 26.1 Å². The minimum Gasteiger partial charge on any atom is -0.313 e. The molecular weight excluding hydrogens is 274 g/mol. The zero-order chi connectivity index (χ0) is 15.2. The summed E-state index contributed by atoms with van der Waals surface area (Å²) < 4.78 is 26.0. The summed E-state index contributed by atoms with van der Waals surface area (Å²) in [4.78, 5) is 0.268. The summed E-state index contributed by atoms with van der Waals surface area (Å²) in [7, 11) is -0.179. The normalized spacial score (nSPS) is 13.2. The summed E-state index contributed by atoms with van der Waals surface area (Å²) in [6.07, 6.45) is 1.06. The molecule has 0 saturated heterocycles. The molecule has 1 aromatic rings. The molecule has 0 fully saturated rings. The van der Waals surface area contributed by atoms with Gasteiger partial charge in [-0.1, -0.05) is 19.1 Å². The Bertz CT molecular complexity index is 574. The van der Waals surface area contributed by atoms with E-state index in [0.717, 1.165) is 12.0 Å². The lowest BCUT2D eigenvalue weighted by Crippen LogP contribution is -2.28. The van der Waals surface area contributed by atoms with Gasteiger partial charge in [-0.15, -0.1) is 0 Å². The summed E-state index contributed by atoms with van der Waals surface area (Å²) in [6, 6.07) is 9.04. The minimum atomic E-state index is -3.53. The Morgan fingerprint density at radius 2 is 2.15 bits per heavy atom. The molecule has 0 aliphatic rings. The van der Waals surface area contributed by atoms with E-state index >= 15 is 0 Å². The predicted octanol–water partition coefficient (Wildman–Crippen LogP) is 1.89. The SMILES string of the molecule is CCC(NC)c1cccc(S(=O)(=O)N(C)CCC#N)c1. The van der Waals surface area contributed by atoms with Crippen molar-refractivity contribution in [3.8, 4) is 6.07 Å². The van der Waals surface area contributed by atoms with Gasteiger partial charge in [0.05, 0.1) is 11.0 Å². The van der Waals surface area contributed by atoms with Crippen molar-refractivity contribution in [3.05, 3.63) is 29.8 Å². The van der Waals surface area contributed by atoms with Crippen molar-refractivity contribution in [1.29, 1.82) is 5.26 Å². The fraction of sp³-hybridized carbons (Fsp3) is 0.500. The van der Waals surface area contributed by atoms with Crippen LogP contribution in [-0.4, -0.2) is 33.4 Å². The van der Waals surface area contributed by atoms with Gasteiger partial charge in [0.2, 0.25) is 10.0 Å². The second-order valence-corrected chi connectivity index (χ2v) is 6.60. The van der Waals surface area contributed by atoms with Crippen molar-refractivity contribution in [2.45, 2.75) is 30.7 Å². The molecule has 0 aliphatic heterocycles. The van der Waals surface area contributed by atoms with Crippen molar-refractivity contribution in [1.82, 2.24) is 9.62 Å². The van der Waals surface area contributed by atoms with Crippen molar-refractivity contribution in [3.63, 3.8) is 0 Å². The van der Waals surface area contributed by atoms with E-state index in [2.05, 4.69) is 5.32 Å². The molecule has 0 radical (unpaired) electrons. The first-order valence-corrected chi connectivity index (χ1v) is 8.01. The van der Waals surface area contributed by atoms with Crippen molar-refractivity contribution in [2.24, 2.45) is 0 Å². The number of nitrogens with zero attached hydrogens (tertiary/aromatic N) is 2. The van der Waals surface area contributed by atoms with Gasteiger partial charge in [0.1, 0.15) is 0 Å². The van der Waals surface area contributed by atoms with Crippen LogP contribution in [0.1, 0.15) is 31.4 Å². The number of sulfonamides is 1. The number of hydrogen-bond donors (Lipinski definition) is 1. The summed E-state index contributed by atoms with van der Waals surface area (Å²) in [5.41, 5.74) is 0.949. The molecule has 1 N–H and O–H groups in total. The highest BCUT2D eigenvalue weighted by Crippen LogP contribution is 2.21. The van der Waals surface area contributed by atoms with E-state index in [-0.39, 0.29) is 23.9 Å². The Hall–Kier alpha value is -1.42. The summed E-state index contributed by atoms with van der Waals surface area (Å²) >= 11 is 0. The van der Waals surface area contributed by atoms with E-state index in [9.17, 15) is 8.42 Å². The Labute approximate surface area is 121 Å². The quantitative estimate of drug-likeness (QED) is 0.833. The molecule has 1 aromatic carbocycles. The Morgan fingerprint density at radius 3 is 2.70 bits per heavy atom. The monoisotopic (exact) mass is 295 g/mol. The van der Waals surface area contributed by atoms with Crippen LogP contribution >= 0.6 is 0 Å².